The number of nitrogens with one attached hydrogen (secondary N) is 1. The minimum absolute atomic E-state index is 0.276. The van der Waals surface area contributed by atoms with Crippen molar-refractivity contribution in [2.75, 3.05) is 5.32 Å². The Morgan fingerprint density at radius 3 is 2.79 bits per heavy atom. The number of benzene rings is 1. The van der Waals surface area contributed by atoms with Crippen LogP contribution in [-0.2, 0) is 13.1 Å². The molecular weight excluding hydrogens is 360 g/mol. The molecule has 1 fully saturated rings. The van der Waals surface area contributed by atoms with E-state index in [2.05, 4.69) is 15.4 Å². The Hall–Kier alpha value is -3.36. The summed E-state index contributed by atoms with van der Waals surface area (Å²) in [6.45, 7) is 4.98. The summed E-state index contributed by atoms with van der Waals surface area (Å²) in [7, 11) is 0. The number of carbonyl (C=O) groups excluding carboxylic acids is 2. The molecular formula is C19H20N6O3. The third-order valence-electron chi connectivity index (χ3n) is 5.33. The van der Waals surface area contributed by atoms with Gasteiger partial charge in [-0.2, -0.15) is 5.10 Å². The molecule has 0 unspecified atom stereocenters. The van der Waals surface area contributed by atoms with Gasteiger partial charge in [-0.15, -0.1) is 0 Å². The number of aryl methyl sites for hydroxylation is 2. The second kappa shape index (κ2) is 5.57. The predicted molar refractivity (Wildman–Crippen MR) is 101 cm³/mol. The van der Waals surface area contributed by atoms with Gasteiger partial charge in [-0.25, -0.2) is 4.98 Å². The quantitative estimate of drug-likeness (QED) is 0.716. The standard InChI is InChI=1S/C19H20N6O3/c1-3-25-13(6-10(2)23-25)17(27)22-18-21-12-7-11(16(20)26)8-14-15(12)24(18)9-19(28-14)4-5-19/h6-8H,3-5,9H2,1-2H3,(H2,20,26)(H,21,22,27). The van der Waals surface area contributed by atoms with Crippen LogP contribution >= 0.6 is 0 Å². The van der Waals surface area contributed by atoms with Gasteiger partial charge in [0.1, 0.15) is 22.6 Å². The summed E-state index contributed by atoms with van der Waals surface area (Å²) in [5.74, 6) is 0.193. The highest BCUT2D eigenvalue weighted by Crippen LogP contribution is 2.48. The van der Waals surface area contributed by atoms with Gasteiger partial charge in [-0.3, -0.25) is 19.6 Å². The van der Waals surface area contributed by atoms with Gasteiger partial charge in [0.15, 0.2) is 0 Å². The third kappa shape index (κ3) is 2.46. The number of nitrogens with zero attached hydrogens (tertiary/aromatic N) is 4. The average molecular weight is 380 g/mol. The van der Waals surface area contributed by atoms with Crippen LogP contribution in [0.1, 0.15) is 46.3 Å². The van der Waals surface area contributed by atoms with E-state index in [9.17, 15) is 9.59 Å². The van der Waals surface area contributed by atoms with E-state index in [4.69, 9.17) is 10.5 Å². The lowest BCUT2D eigenvalue weighted by atomic mass is 10.1. The molecule has 144 valence electrons. The number of ether oxygens (including phenoxy) is 1. The van der Waals surface area contributed by atoms with Crippen molar-refractivity contribution in [3.05, 3.63) is 35.2 Å². The lowest BCUT2D eigenvalue weighted by Crippen LogP contribution is -2.30. The van der Waals surface area contributed by atoms with Crippen molar-refractivity contribution in [1.82, 2.24) is 19.3 Å². The Morgan fingerprint density at radius 2 is 2.11 bits per heavy atom. The van der Waals surface area contributed by atoms with E-state index in [-0.39, 0.29) is 11.5 Å². The Kier molecular flexibility index (Phi) is 3.34. The van der Waals surface area contributed by atoms with Gasteiger partial charge in [0.2, 0.25) is 11.9 Å². The van der Waals surface area contributed by atoms with Crippen molar-refractivity contribution in [2.24, 2.45) is 5.73 Å². The number of nitrogens with two attached hydrogens (primary N) is 1. The van der Waals surface area contributed by atoms with Crippen LogP contribution in [-0.4, -0.2) is 36.7 Å². The Bertz CT molecular complexity index is 1150. The van der Waals surface area contributed by atoms with Crippen LogP contribution in [0, 0.1) is 6.92 Å². The van der Waals surface area contributed by atoms with Crippen molar-refractivity contribution < 1.29 is 14.3 Å². The molecule has 1 saturated carbocycles. The minimum atomic E-state index is -0.542. The van der Waals surface area contributed by atoms with Crippen LogP contribution in [0.2, 0.25) is 0 Å². The second-order valence-corrected chi connectivity index (χ2v) is 7.45. The Labute approximate surface area is 160 Å². The maximum Gasteiger partial charge on any atom is 0.276 e. The molecule has 3 N–H and O–H groups in total. The molecule has 5 rings (SSSR count). The molecule has 0 bridgehead atoms. The summed E-state index contributed by atoms with van der Waals surface area (Å²) in [4.78, 5) is 29.1. The first-order valence-electron chi connectivity index (χ1n) is 9.28. The van der Waals surface area contributed by atoms with E-state index < -0.39 is 5.91 Å². The highest BCUT2D eigenvalue weighted by Gasteiger charge is 2.49. The first-order chi connectivity index (χ1) is 13.4. The molecule has 28 heavy (non-hydrogen) atoms. The zero-order chi connectivity index (χ0) is 19.6. The number of amides is 2. The van der Waals surface area contributed by atoms with Gasteiger partial charge in [0.05, 0.1) is 17.8 Å². The molecule has 0 saturated heterocycles. The zero-order valence-corrected chi connectivity index (χ0v) is 15.7. The average Bonchev–Trinajstić information content (AvgIpc) is 3.13. The highest BCUT2D eigenvalue weighted by atomic mass is 16.5. The summed E-state index contributed by atoms with van der Waals surface area (Å²) in [5.41, 5.74) is 8.08. The molecule has 1 spiro atoms. The van der Waals surface area contributed by atoms with Gasteiger partial charge >= 0.3 is 0 Å². The fraction of sp³-hybridized carbons (Fsp3) is 0.368. The number of rotatable bonds is 4. The monoisotopic (exact) mass is 380 g/mol. The summed E-state index contributed by atoms with van der Waals surface area (Å²) in [6.07, 6.45) is 1.84. The van der Waals surface area contributed by atoms with E-state index in [0.29, 0.717) is 41.6 Å². The van der Waals surface area contributed by atoms with Crippen molar-refractivity contribution in [3.63, 3.8) is 0 Å². The minimum Gasteiger partial charge on any atom is -0.483 e. The van der Waals surface area contributed by atoms with E-state index in [1.807, 2.05) is 18.4 Å². The summed E-state index contributed by atoms with van der Waals surface area (Å²) < 4.78 is 9.76. The topological polar surface area (TPSA) is 117 Å². The van der Waals surface area contributed by atoms with Gasteiger partial charge in [-0.05, 0) is 44.9 Å². The van der Waals surface area contributed by atoms with Crippen molar-refractivity contribution in [3.8, 4) is 5.75 Å². The van der Waals surface area contributed by atoms with Crippen LogP contribution < -0.4 is 15.8 Å². The number of primary amides is 1. The smallest absolute Gasteiger partial charge is 0.276 e. The first-order valence-corrected chi connectivity index (χ1v) is 9.28. The third-order valence-corrected chi connectivity index (χ3v) is 5.33. The van der Waals surface area contributed by atoms with E-state index in [1.54, 1.807) is 22.9 Å². The number of anilines is 1. The van der Waals surface area contributed by atoms with Gasteiger partial charge in [-0.1, -0.05) is 0 Å². The second-order valence-electron chi connectivity index (χ2n) is 7.45. The molecule has 1 aromatic carbocycles. The number of hydrogen-bond acceptors (Lipinski definition) is 5. The highest BCUT2D eigenvalue weighted by molar-refractivity contribution is 6.04. The van der Waals surface area contributed by atoms with E-state index in [0.717, 1.165) is 24.1 Å². The van der Waals surface area contributed by atoms with Crippen molar-refractivity contribution in [2.45, 2.75) is 45.4 Å². The molecule has 2 amide bonds. The molecule has 3 heterocycles. The molecule has 0 atom stereocenters. The summed E-state index contributed by atoms with van der Waals surface area (Å²) in [6, 6.07) is 5.03. The van der Waals surface area contributed by atoms with Gasteiger partial charge < -0.3 is 15.0 Å². The normalized spacial score (nSPS) is 16.2. The summed E-state index contributed by atoms with van der Waals surface area (Å²) >= 11 is 0. The van der Waals surface area contributed by atoms with E-state index in [1.165, 1.54) is 0 Å². The predicted octanol–water partition coefficient (Wildman–Crippen LogP) is 1.84. The SMILES string of the molecule is CCn1nc(C)cc1C(=O)Nc1nc2cc(C(N)=O)cc3c2n1CC1(CC1)O3. The number of carbonyl (C=O) groups is 2. The lowest BCUT2D eigenvalue weighted by Gasteiger charge is -2.26. The van der Waals surface area contributed by atoms with Gasteiger partial charge in [0, 0.05) is 12.1 Å². The van der Waals surface area contributed by atoms with Crippen LogP contribution in [0.25, 0.3) is 11.0 Å². The van der Waals surface area contributed by atoms with Crippen molar-refractivity contribution in [1.29, 1.82) is 0 Å². The fourth-order valence-corrected chi connectivity index (χ4v) is 3.79. The van der Waals surface area contributed by atoms with Crippen LogP contribution in [0.3, 0.4) is 0 Å². The van der Waals surface area contributed by atoms with Crippen LogP contribution in [0.15, 0.2) is 18.2 Å². The molecule has 3 aromatic rings. The Morgan fingerprint density at radius 1 is 1.32 bits per heavy atom. The molecule has 1 aliphatic carbocycles. The number of aromatic nitrogens is 4. The lowest BCUT2D eigenvalue weighted by molar-refractivity contribution is 0.0995. The Balaban J connectivity index is 1.60. The molecule has 2 aromatic heterocycles. The molecule has 9 nitrogen and oxygen atoms in total. The van der Waals surface area contributed by atoms with Crippen molar-refractivity contribution >= 4 is 28.8 Å². The zero-order valence-electron chi connectivity index (χ0n) is 15.7. The van der Waals surface area contributed by atoms with Crippen LogP contribution in [0.4, 0.5) is 5.95 Å². The number of imidazole rings is 1. The maximum atomic E-state index is 12.9. The van der Waals surface area contributed by atoms with Gasteiger partial charge in [0.25, 0.3) is 5.91 Å². The molecule has 0 radical (unpaired) electrons. The molecule has 9 heteroatoms. The van der Waals surface area contributed by atoms with E-state index >= 15 is 0 Å². The largest absolute Gasteiger partial charge is 0.483 e. The van der Waals surface area contributed by atoms with Crippen LogP contribution in [0.5, 0.6) is 5.75 Å². The summed E-state index contributed by atoms with van der Waals surface area (Å²) in [5, 5.41) is 7.23. The fourth-order valence-electron chi connectivity index (χ4n) is 3.79. The molecule has 1 aliphatic heterocycles. The first kappa shape index (κ1) is 16.8. The molecule has 2 aliphatic rings. The maximum absolute atomic E-state index is 12.9. The number of hydrogen-bond donors (Lipinski definition) is 2.